The summed E-state index contributed by atoms with van der Waals surface area (Å²) in [4.78, 5) is 0. The lowest BCUT2D eigenvalue weighted by molar-refractivity contribution is -0.211. The van der Waals surface area contributed by atoms with Crippen molar-refractivity contribution in [3.63, 3.8) is 0 Å². The second-order valence-electron chi connectivity index (χ2n) is 5.25. The van der Waals surface area contributed by atoms with Crippen LogP contribution in [-0.4, -0.2) is 25.2 Å². The fourth-order valence-corrected chi connectivity index (χ4v) is 2.31. The minimum absolute atomic E-state index is 0.145. The van der Waals surface area contributed by atoms with Crippen LogP contribution in [0, 0.1) is 0 Å². The van der Waals surface area contributed by atoms with E-state index in [2.05, 4.69) is 10.5 Å². The van der Waals surface area contributed by atoms with Gasteiger partial charge in [0.1, 0.15) is 6.10 Å². The predicted octanol–water partition coefficient (Wildman–Crippen LogP) is 2.19. The van der Waals surface area contributed by atoms with Gasteiger partial charge in [0.15, 0.2) is 0 Å². The smallest absolute Gasteiger partial charge is 0.337 e. The number of nitrogens with zero attached hydrogens (tertiary/aromatic N) is 1. The Balaban J connectivity index is 1.60. The molecule has 0 aliphatic carbocycles. The molecule has 2 aliphatic rings. The lowest BCUT2D eigenvalue weighted by Gasteiger charge is -2.28. The molecule has 0 radical (unpaired) electrons. The van der Waals surface area contributed by atoms with Gasteiger partial charge in [0.2, 0.25) is 5.90 Å². The zero-order valence-electron chi connectivity index (χ0n) is 11.9. The van der Waals surface area contributed by atoms with Crippen LogP contribution in [-0.2, 0) is 20.1 Å². The molecule has 0 spiro atoms. The number of hydrogen-bond donors (Lipinski definition) is 1. The Kier molecular flexibility index (Phi) is 3.29. The van der Waals surface area contributed by atoms with Crippen LogP contribution in [0.3, 0.4) is 0 Å². The van der Waals surface area contributed by atoms with Crippen LogP contribution in [0.15, 0.2) is 65.8 Å². The quantitative estimate of drug-likeness (QED) is 0.859. The summed E-state index contributed by atoms with van der Waals surface area (Å²) in [5, 5.41) is 4.31. The Morgan fingerprint density at radius 3 is 2.45 bits per heavy atom. The van der Waals surface area contributed by atoms with Crippen LogP contribution >= 0.6 is 0 Å². The second-order valence-corrected chi connectivity index (χ2v) is 5.25. The number of epoxide rings is 1. The molecule has 0 bridgehead atoms. The average molecular weight is 296 g/mol. The highest BCUT2D eigenvalue weighted by Crippen LogP contribution is 2.31. The first-order valence-corrected chi connectivity index (χ1v) is 7.26. The van der Waals surface area contributed by atoms with E-state index in [0.29, 0.717) is 12.5 Å². The van der Waals surface area contributed by atoms with Crippen molar-refractivity contribution in [1.82, 2.24) is 5.43 Å². The van der Waals surface area contributed by atoms with E-state index in [1.807, 2.05) is 60.7 Å². The Hall–Kier alpha value is -2.37. The standard InChI is InChI=1S/C17H16N2O3/c1-3-7-13(8-4-1)16-18-19-17(22-16,21-12-15-11-20-15)14-9-5-2-6-10-14/h1-10,15,19H,11-12H2. The molecule has 2 aliphatic heterocycles. The van der Waals surface area contributed by atoms with Crippen LogP contribution in [0.2, 0.25) is 0 Å². The van der Waals surface area contributed by atoms with E-state index < -0.39 is 5.91 Å². The van der Waals surface area contributed by atoms with Gasteiger partial charge < -0.3 is 14.2 Å². The fraction of sp³-hybridized carbons (Fsp3) is 0.235. The van der Waals surface area contributed by atoms with Gasteiger partial charge in [-0.15, -0.1) is 5.10 Å². The molecule has 112 valence electrons. The van der Waals surface area contributed by atoms with Gasteiger partial charge in [-0.25, -0.2) is 5.43 Å². The maximum Gasteiger partial charge on any atom is 0.337 e. The predicted molar refractivity (Wildman–Crippen MR) is 81.0 cm³/mol. The van der Waals surface area contributed by atoms with Gasteiger partial charge in [-0.3, -0.25) is 0 Å². The van der Waals surface area contributed by atoms with E-state index in [4.69, 9.17) is 14.2 Å². The lowest BCUT2D eigenvalue weighted by Crippen LogP contribution is -2.42. The summed E-state index contributed by atoms with van der Waals surface area (Å²) >= 11 is 0. The molecule has 2 unspecified atom stereocenters. The first-order valence-electron chi connectivity index (χ1n) is 7.26. The molecule has 2 aromatic carbocycles. The molecule has 5 nitrogen and oxygen atoms in total. The molecule has 1 saturated heterocycles. The largest absolute Gasteiger partial charge is 0.420 e. The van der Waals surface area contributed by atoms with Crippen molar-refractivity contribution in [3.8, 4) is 0 Å². The van der Waals surface area contributed by atoms with Crippen LogP contribution in [0.1, 0.15) is 11.1 Å². The van der Waals surface area contributed by atoms with Crippen molar-refractivity contribution >= 4 is 5.90 Å². The first kappa shape index (κ1) is 13.3. The third kappa shape index (κ3) is 2.56. The molecule has 5 heteroatoms. The average Bonchev–Trinajstić information content (AvgIpc) is 3.33. The first-order chi connectivity index (χ1) is 10.9. The van der Waals surface area contributed by atoms with Crippen molar-refractivity contribution < 1.29 is 14.2 Å². The Morgan fingerprint density at radius 1 is 1.09 bits per heavy atom. The fourth-order valence-electron chi connectivity index (χ4n) is 2.31. The molecule has 1 N–H and O–H groups in total. The van der Waals surface area contributed by atoms with Crippen LogP contribution < -0.4 is 5.43 Å². The van der Waals surface area contributed by atoms with E-state index in [9.17, 15) is 0 Å². The Morgan fingerprint density at radius 2 is 1.77 bits per heavy atom. The minimum Gasteiger partial charge on any atom is -0.420 e. The molecule has 2 aromatic rings. The molecule has 2 heterocycles. The van der Waals surface area contributed by atoms with Gasteiger partial charge in [-0.2, -0.15) is 0 Å². The SMILES string of the molecule is c1ccc(C2=NNC(OCC3CO3)(c3ccccc3)O2)cc1. The van der Waals surface area contributed by atoms with E-state index in [1.165, 1.54) is 0 Å². The minimum atomic E-state index is -1.10. The van der Waals surface area contributed by atoms with Gasteiger partial charge in [0, 0.05) is 11.1 Å². The molecule has 4 rings (SSSR count). The van der Waals surface area contributed by atoms with E-state index >= 15 is 0 Å². The third-order valence-corrected chi connectivity index (χ3v) is 3.59. The van der Waals surface area contributed by atoms with Crippen molar-refractivity contribution in [2.75, 3.05) is 13.2 Å². The van der Waals surface area contributed by atoms with Gasteiger partial charge >= 0.3 is 5.91 Å². The molecular formula is C17H16N2O3. The number of hydrazone groups is 1. The summed E-state index contributed by atoms with van der Waals surface area (Å²) < 4.78 is 17.3. The monoisotopic (exact) mass is 296 g/mol. The maximum atomic E-state index is 6.06. The lowest BCUT2D eigenvalue weighted by atomic mass is 10.1. The normalized spacial score (nSPS) is 26.0. The highest BCUT2D eigenvalue weighted by atomic mass is 16.7. The van der Waals surface area contributed by atoms with E-state index in [1.54, 1.807) is 0 Å². The highest BCUT2D eigenvalue weighted by molar-refractivity contribution is 5.94. The maximum absolute atomic E-state index is 6.06. The summed E-state index contributed by atoms with van der Waals surface area (Å²) in [6.45, 7) is 1.19. The molecule has 2 atom stereocenters. The van der Waals surface area contributed by atoms with Gasteiger partial charge in [-0.1, -0.05) is 48.5 Å². The van der Waals surface area contributed by atoms with E-state index in [0.717, 1.165) is 17.7 Å². The zero-order chi connectivity index (χ0) is 14.8. The summed E-state index contributed by atoms with van der Waals surface area (Å²) in [6.07, 6.45) is 0.145. The van der Waals surface area contributed by atoms with Crippen molar-refractivity contribution in [2.45, 2.75) is 12.0 Å². The number of nitrogens with one attached hydrogen (secondary N) is 1. The van der Waals surface area contributed by atoms with Crippen molar-refractivity contribution in [1.29, 1.82) is 0 Å². The number of ether oxygens (including phenoxy) is 3. The van der Waals surface area contributed by atoms with Crippen molar-refractivity contribution in [3.05, 3.63) is 71.8 Å². The Labute approximate surface area is 128 Å². The van der Waals surface area contributed by atoms with Crippen molar-refractivity contribution in [2.24, 2.45) is 5.10 Å². The molecule has 0 amide bonds. The third-order valence-electron chi connectivity index (χ3n) is 3.59. The topological polar surface area (TPSA) is 55.4 Å². The van der Waals surface area contributed by atoms with Crippen LogP contribution in [0.4, 0.5) is 0 Å². The molecule has 22 heavy (non-hydrogen) atoms. The summed E-state index contributed by atoms with van der Waals surface area (Å²) in [7, 11) is 0. The van der Waals surface area contributed by atoms with Crippen LogP contribution in [0.25, 0.3) is 0 Å². The van der Waals surface area contributed by atoms with Crippen LogP contribution in [0.5, 0.6) is 0 Å². The number of rotatable bonds is 5. The molecular weight excluding hydrogens is 280 g/mol. The summed E-state index contributed by atoms with van der Waals surface area (Å²) in [5.41, 5.74) is 4.77. The highest BCUT2D eigenvalue weighted by Gasteiger charge is 2.43. The second kappa shape index (κ2) is 5.44. The Bertz CT molecular complexity index is 671. The number of hydrogen-bond acceptors (Lipinski definition) is 5. The summed E-state index contributed by atoms with van der Waals surface area (Å²) in [6, 6.07) is 19.5. The van der Waals surface area contributed by atoms with Gasteiger partial charge in [0.25, 0.3) is 0 Å². The van der Waals surface area contributed by atoms with E-state index in [-0.39, 0.29) is 6.10 Å². The molecule has 0 saturated carbocycles. The summed E-state index contributed by atoms with van der Waals surface area (Å²) in [5.74, 6) is -0.584. The van der Waals surface area contributed by atoms with Gasteiger partial charge in [-0.05, 0) is 12.1 Å². The van der Waals surface area contributed by atoms with Gasteiger partial charge in [0.05, 0.1) is 13.2 Å². The number of benzene rings is 2. The zero-order valence-corrected chi connectivity index (χ0v) is 11.9. The molecule has 0 aromatic heterocycles. The molecule has 1 fully saturated rings.